The van der Waals surface area contributed by atoms with Gasteiger partial charge in [-0.15, -0.1) is 0 Å². The second-order valence-corrected chi connectivity index (χ2v) is 13.8. The van der Waals surface area contributed by atoms with E-state index in [0.717, 1.165) is 0 Å². The van der Waals surface area contributed by atoms with Crippen LogP contribution in [0.4, 0.5) is 0 Å². The Morgan fingerprint density at radius 3 is 1.55 bits per heavy atom. The molecule has 0 unspecified atom stereocenters. The van der Waals surface area contributed by atoms with Gasteiger partial charge in [0.25, 0.3) is 0 Å². The minimum Gasteiger partial charge on any atom is -0.0616 e. The van der Waals surface area contributed by atoms with Crippen LogP contribution in [-0.4, -0.2) is 0 Å². The average Bonchev–Trinajstić information content (AvgIpc) is 3.35. The summed E-state index contributed by atoms with van der Waals surface area (Å²) >= 11 is 0. The Labute approximate surface area is 274 Å². The van der Waals surface area contributed by atoms with Crippen molar-refractivity contribution in [2.75, 3.05) is 0 Å². The number of rotatable bonds is 3. The molecular formula is C47H32. The highest BCUT2D eigenvalue weighted by molar-refractivity contribution is 6.25. The summed E-state index contributed by atoms with van der Waals surface area (Å²) in [5, 5.41) is 10.5. The minimum atomic E-state index is -0.1000. The highest BCUT2D eigenvalue weighted by atomic mass is 14.4. The van der Waals surface area contributed by atoms with E-state index in [1.54, 1.807) is 0 Å². The van der Waals surface area contributed by atoms with Crippen LogP contribution in [-0.2, 0) is 5.41 Å². The Morgan fingerprint density at radius 2 is 0.809 bits per heavy atom. The zero-order valence-corrected chi connectivity index (χ0v) is 26.5. The monoisotopic (exact) mass is 596 g/mol. The van der Waals surface area contributed by atoms with E-state index in [4.69, 9.17) is 0 Å². The van der Waals surface area contributed by atoms with E-state index in [2.05, 4.69) is 172 Å². The fourth-order valence-corrected chi connectivity index (χ4v) is 8.32. The fraction of sp³-hybridized carbons (Fsp3) is 0.0638. The van der Waals surface area contributed by atoms with E-state index in [1.807, 2.05) is 0 Å². The molecule has 1 aliphatic carbocycles. The first-order valence-corrected chi connectivity index (χ1v) is 16.6. The predicted molar refractivity (Wildman–Crippen MR) is 202 cm³/mol. The molecule has 0 heteroatoms. The van der Waals surface area contributed by atoms with Crippen molar-refractivity contribution in [1.29, 1.82) is 0 Å². The van der Waals surface area contributed by atoms with Crippen molar-refractivity contribution < 1.29 is 0 Å². The third-order valence-corrected chi connectivity index (χ3v) is 10.8. The fourth-order valence-electron chi connectivity index (χ4n) is 8.32. The molecule has 0 fully saturated rings. The summed E-state index contributed by atoms with van der Waals surface area (Å²) in [6, 6.07) is 59.0. The highest BCUT2D eigenvalue weighted by Gasteiger charge is 2.36. The van der Waals surface area contributed by atoms with E-state index in [0.29, 0.717) is 0 Å². The van der Waals surface area contributed by atoms with Crippen LogP contribution in [0.3, 0.4) is 0 Å². The zero-order valence-electron chi connectivity index (χ0n) is 26.5. The topological polar surface area (TPSA) is 0 Å². The molecule has 10 rings (SSSR count). The summed E-state index contributed by atoms with van der Waals surface area (Å²) in [7, 11) is 0. The number of hydrogen-bond acceptors (Lipinski definition) is 0. The van der Waals surface area contributed by atoms with Crippen LogP contribution in [0.25, 0.3) is 87.6 Å². The van der Waals surface area contributed by atoms with Crippen molar-refractivity contribution in [3.63, 3.8) is 0 Å². The van der Waals surface area contributed by atoms with E-state index >= 15 is 0 Å². The lowest BCUT2D eigenvalue weighted by atomic mass is 9.80. The van der Waals surface area contributed by atoms with Gasteiger partial charge in [-0.1, -0.05) is 147 Å². The molecule has 9 aromatic rings. The number of hydrogen-bond donors (Lipinski definition) is 0. The molecule has 0 atom stereocenters. The lowest BCUT2D eigenvalue weighted by Crippen LogP contribution is -2.15. The van der Waals surface area contributed by atoms with Gasteiger partial charge in [0.2, 0.25) is 0 Å². The lowest BCUT2D eigenvalue weighted by molar-refractivity contribution is 0.661. The molecule has 0 aliphatic heterocycles. The SMILES string of the molecule is CC1(C)c2cc(-c3cccc(-c4ccc5ccc6cccc7ccc4c5c67)c3)ccc2-c2ccc(-c3ccc4ccccc4c3)cc21. The molecule has 0 spiro atoms. The normalized spacial score (nSPS) is 13.5. The molecule has 9 aromatic carbocycles. The Hall–Kier alpha value is -5.72. The maximum atomic E-state index is 2.44. The van der Waals surface area contributed by atoms with Crippen molar-refractivity contribution in [1.82, 2.24) is 0 Å². The van der Waals surface area contributed by atoms with E-state index in [1.165, 1.54) is 98.7 Å². The molecule has 0 saturated carbocycles. The molecule has 0 saturated heterocycles. The molecule has 220 valence electrons. The number of fused-ring (bicyclic) bond motifs is 4. The van der Waals surface area contributed by atoms with Gasteiger partial charge in [-0.2, -0.15) is 0 Å². The minimum absolute atomic E-state index is 0.1000. The van der Waals surface area contributed by atoms with Gasteiger partial charge in [0.05, 0.1) is 0 Å². The molecule has 0 nitrogen and oxygen atoms in total. The summed E-state index contributed by atoms with van der Waals surface area (Å²) in [5.74, 6) is 0. The summed E-state index contributed by atoms with van der Waals surface area (Å²) in [4.78, 5) is 0. The van der Waals surface area contributed by atoms with Gasteiger partial charge in [0, 0.05) is 5.41 Å². The van der Waals surface area contributed by atoms with Gasteiger partial charge in [-0.3, -0.25) is 0 Å². The molecular weight excluding hydrogens is 565 g/mol. The predicted octanol–water partition coefficient (Wildman–Crippen LogP) is 13.0. The Morgan fingerprint density at radius 1 is 0.319 bits per heavy atom. The Kier molecular flexibility index (Phi) is 5.44. The largest absolute Gasteiger partial charge is 0.0616 e. The lowest BCUT2D eigenvalue weighted by Gasteiger charge is -2.23. The number of benzene rings is 9. The van der Waals surface area contributed by atoms with E-state index in [-0.39, 0.29) is 5.41 Å². The first kappa shape index (κ1) is 26.5. The molecule has 0 heterocycles. The van der Waals surface area contributed by atoms with Crippen molar-refractivity contribution in [3.8, 4) is 44.5 Å². The van der Waals surface area contributed by atoms with Crippen LogP contribution in [0, 0.1) is 0 Å². The Bertz CT molecular complexity index is 2690. The molecule has 0 aromatic heterocycles. The molecule has 0 bridgehead atoms. The van der Waals surface area contributed by atoms with Gasteiger partial charge in [-0.05, 0) is 123 Å². The standard InChI is InChI=1S/C47H32/c1-47(2)43-27-36(19-22-40(43)41-23-20-37(28-44(41)47)35-16-13-29-7-3-4-8-33(29)25-35)34-11-6-12-38(26-34)39-21-17-32-15-14-30-9-5-10-31-18-24-42(39)46(32)45(30)31/h3-28H,1-2H3. The quantitative estimate of drug-likeness (QED) is 0.178. The second kappa shape index (κ2) is 9.64. The van der Waals surface area contributed by atoms with Gasteiger partial charge in [0.1, 0.15) is 0 Å². The van der Waals surface area contributed by atoms with Crippen LogP contribution in [0.1, 0.15) is 25.0 Å². The molecule has 1 aliphatic rings. The second-order valence-electron chi connectivity index (χ2n) is 13.8. The zero-order chi connectivity index (χ0) is 31.3. The molecule has 0 N–H and O–H groups in total. The maximum Gasteiger partial charge on any atom is 0.0159 e. The van der Waals surface area contributed by atoms with Crippen molar-refractivity contribution >= 4 is 43.1 Å². The molecule has 0 amide bonds. The average molecular weight is 597 g/mol. The summed E-state index contributed by atoms with van der Waals surface area (Å²) < 4.78 is 0. The van der Waals surface area contributed by atoms with E-state index in [9.17, 15) is 0 Å². The molecule has 47 heavy (non-hydrogen) atoms. The summed E-state index contributed by atoms with van der Waals surface area (Å²) in [5.41, 5.74) is 13.0. The van der Waals surface area contributed by atoms with Crippen LogP contribution < -0.4 is 0 Å². The van der Waals surface area contributed by atoms with Crippen LogP contribution in [0.5, 0.6) is 0 Å². The van der Waals surface area contributed by atoms with Crippen LogP contribution in [0.2, 0.25) is 0 Å². The highest BCUT2D eigenvalue weighted by Crippen LogP contribution is 2.51. The van der Waals surface area contributed by atoms with Gasteiger partial charge in [-0.25, -0.2) is 0 Å². The molecule has 0 radical (unpaired) electrons. The van der Waals surface area contributed by atoms with Gasteiger partial charge in [0.15, 0.2) is 0 Å². The van der Waals surface area contributed by atoms with Crippen LogP contribution in [0.15, 0.2) is 158 Å². The smallest absolute Gasteiger partial charge is 0.0159 e. The first-order chi connectivity index (χ1) is 23.0. The van der Waals surface area contributed by atoms with Crippen molar-refractivity contribution in [2.45, 2.75) is 19.3 Å². The van der Waals surface area contributed by atoms with Crippen LogP contribution >= 0.6 is 0 Å². The third-order valence-electron chi connectivity index (χ3n) is 10.8. The summed E-state index contributed by atoms with van der Waals surface area (Å²) in [6.45, 7) is 4.76. The van der Waals surface area contributed by atoms with Crippen molar-refractivity contribution in [3.05, 3.63) is 169 Å². The Balaban J connectivity index is 1.05. The summed E-state index contributed by atoms with van der Waals surface area (Å²) in [6.07, 6.45) is 0. The van der Waals surface area contributed by atoms with Gasteiger partial charge < -0.3 is 0 Å². The maximum absolute atomic E-state index is 2.44. The van der Waals surface area contributed by atoms with Gasteiger partial charge >= 0.3 is 0 Å². The van der Waals surface area contributed by atoms with E-state index < -0.39 is 0 Å². The third kappa shape index (κ3) is 3.88. The van der Waals surface area contributed by atoms with Crippen molar-refractivity contribution in [2.24, 2.45) is 0 Å². The first-order valence-electron chi connectivity index (χ1n) is 16.6.